The molecule has 3 heterocycles. The molecule has 2 amide bonds. The molecule has 1 N–H and O–H groups in total. The van der Waals surface area contributed by atoms with Crippen LogP contribution in [0.3, 0.4) is 0 Å². The van der Waals surface area contributed by atoms with Crippen molar-refractivity contribution in [3.05, 3.63) is 35.7 Å². The van der Waals surface area contributed by atoms with Crippen LogP contribution >= 0.6 is 0 Å². The van der Waals surface area contributed by atoms with Crippen LogP contribution in [0.2, 0.25) is 0 Å². The fourth-order valence-electron chi connectivity index (χ4n) is 1.99. The van der Waals surface area contributed by atoms with Crippen molar-refractivity contribution in [3.63, 3.8) is 0 Å². The third-order valence-electron chi connectivity index (χ3n) is 2.96. The van der Waals surface area contributed by atoms with Crippen molar-refractivity contribution in [2.75, 3.05) is 18.5 Å². The highest BCUT2D eigenvalue weighted by molar-refractivity contribution is 5.87. The fourth-order valence-corrected chi connectivity index (χ4v) is 1.99. The van der Waals surface area contributed by atoms with E-state index in [1.165, 1.54) is 0 Å². The molecule has 0 saturated heterocycles. The zero-order valence-corrected chi connectivity index (χ0v) is 11.0. The molecule has 0 aliphatic carbocycles. The first-order valence-electron chi connectivity index (χ1n) is 6.28. The lowest BCUT2D eigenvalue weighted by molar-refractivity contribution is 0.199. The molecule has 0 aromatic carbocycles. The first-order chi connectivity index (χ1) is 9.72. The van der Waals surface area contributed by atoms with Crippen LogP contribution in [0.4, 0.5) is 10.7 Å². The monoisotopic (exact) mass is 274 g/mol. The summed E-state index contributed by atoms with van der Waals surface area (Å²) in [7, 11) is 0. The standard InChI is InChI=1S/C13H14N4O3/c1-9-7-11(20-16-9)15-13(18)17-5-6-19-12-10(8-17)3-2-4-14-12/h2-4,7H,5-6,8H2,1H3,(H,15,18). The Labute approximate surface area is 115 Å². The average molecular weight is 274 g/mol. The van der Waals surface area contributed by atoms with Gasteiger partial charge in [0.1, 0.15) is 6.61 Å². The molecular weight excluding hydrogens is 260 g/mol. The quantitative estimate of drug-likeness (QED) is 0.857. The number of ether oxygens (including phenoxy) is 1. The van der Waals surface area contributed by atoms with Gasteiger partial charge in [0.25, 0.3) is 0 Å². The van der Waals surface area contributed by atoms with Crippen LogP contribution in [0.1, 0.15) is 11.3 Å². The summed E-state index contributed by atoms with van der Waals surface area (Å²) in [6.45, 7) is 3.13. The molecular formula is C13H14N4O3. The van der Waals surface area contributed by atoms with Gasteiger partial charge in [-0.2, -0.15) is 0 Å². The largest absolute Gasteiger partial charge is 0.476 e. The van der Waals surface area contributed by atoms with Gasteiger partial charge in [0.15, 0.2) is 0 Å². The normalized spacial score (nSPS) is 14.2. The maximum Gasteiger partial charge on any atom is 0.324 e. The molecule has 2 aromatic heterocycles. The van der Waals surface area contributed by atoms with E-state index in [9.17, 15) is 4.79 Å². The van der Waals surface area contributed by atoms with E-state index in [0.29, 0.717) is 37.2 Å². The van der Waals surface area contributed by atoms with E-state index in [1.807, 2.05) is 12.1 Å². The molecule has 1 aliphatic heterocycles. The zero-order valence-electron chi connectivity index (χ0n) is 11.0. The molecule has 7 nitrogen and oxygen atoms in total. The highest BCUT2D eigenvalue weighted by Crippen LogP contribution is 2.20. The number of amides is 2. The Morgan fingerprint density at radius 2 is 2.40 bits per heavy atom. The van der Waals surface area contributed by atoms with E-state index in [4.69, 9.17) is 9.26 Å². The third kappa shape index (κ3) is 2.56. The number of pyridine rings is 1. The number of anilines is 1. The molecule has 0 bridgehead atoms. The third-order valence-corrected chi connectivity index (χ3v) is 2.96. The maximum absolute atomic E-state index is 12.2. The number of urea groups is 1. The predicted octanol–water partition coefficient (Wildman–Crippen LogP) is 1.80. The zero-order chi connectivity index (χ0) is 13.9. The van der Waals surface area contributed by atoms with Crippen LogP contribution in [-0.4, -0.2) is 34.2 Å². The van der Waals surface area contributed by atoms with E-state index in [1.54, 1.807) is 24.1 Å². The van der Waals surface area contributed by atoms with Crippen LogP contribution < -0.4 is 10.1 Å². The van der Waals surface area contributed by atoms with Crippen LogP contribution in [0.25, 0.3) is 0 Å². The summed E-state index contributed by atoms with van der Waals surface area (Å²) in [6.07, 6.45) is 1.67. The topological polar surface area (TPSA) is 80.5 Å². The molecule has 0 unspecified atom stereocenters. The fraction of sp³-hybridized carbons (Fsp3) is 0.308. The van der Waals surface area contributed by atoms with Crippen molar-refractivity contribution >= 4 is 11.9 Å². The average Bonchev–Trinajstić information content (AvgIpc) is 2.74. The van der Waals surface area contributed by atoms with E-state index in [2.05, 4.69) is 15.5 Å². The number of fused-ring (bicyclic) bond motifs is 1. The van der Waals surface area contributed by atoms with Crippen LogP contribution in [-0.2, 0) is 6.54 Å². The molecule has 0 saturated carbocycles. The van der Waals surface area contributed by atoms with Crippen molar-refractivity contribution in [1.29, 1.82) is 0 Å². The minimum Gasteiger partial charge on any atom is -0.476 e. The number of aromatic nitrogens is 2. The molecule has 0 fully saturated rings. The first-order valence-corrected chi connectivity index (χ1v) is 6.28. The highest BCUT2D eigenvalue weighted by atomic mass is 16.5. The second-order valence-corrected chi connectivity index (χ2v) is 4.50. The maximum atomic E-state index is 12.2. The molecule has 0 radical (unpaired) electrons. The van der Waals surface area contributed by atoms with Gasteiger partial charge in [-0.15, -0.1) is 0 Å². The van der Waals surface area contributed by atoms with Crippen molar-refractivity contribution < 1.29 is 14.1 Å². The number of nitrogens with one attached hydrogen (secondary N) is 1. The van der Waals surface area contributed by atoms with Crippen molar-refractivity contribution in [2.24, 2.45) is 0 Å². The summed E-state index contributed by atoms with van der Waals surface area (Å²) in [4.78, 5) is 18.0. The van der Waals surface area contributed by atoms with Gasteiger partial charge in [0.2, 0.25) is 11.8 Å². The summed E-state index contributed by atoms with van der Waals surface area (Å²) >= 11 is 0. The first kappa shape index (κ1) is 12.5. The number of carbonyl (C=O) groups excluding carboxylic acids is 1. The molecule has 3 rings (SSSR count). The minimum atomic E-state index is -0.249. The molecule has 104 valence electrons. The SMILES string of the molecule is Cc1cc(NC(=O)N2CCOc3ncccc3C2)on1. The second-order valence-electron chi connectivity index (χ2n) is 4.50. The van der Waals surface area contributed by atoms with Gasteiger partial charge >= 0.3 is 6.03 Å². The number of hydrogen-bond donors (Lipinski definition) is 1. The van der Waals surface area contributed by atoms with Gasteiger partial charge in [-0.25, -0.2) is 9.78 Å². The molecule has 0 atom stereocenters. The number of rotatable bonds is 1. The summed E-state index contributed by atoms with van der Waals surface area (Å²) < 4.78 is 10.5. The summed E-state index contributed by atoms with van der Waals surface area (Å²) in [6, 6.07) is 5.14. The molecule has 20 heavy (non-hydrogen) atoms. The number of aryl methyl sites for hydroxylation is 1. The Balaban J connectivity index is 1.72. The van der Waals surface area contributed by atoms with E-state index < -0.39 is 0 Å². The number of hydrogen-bond acceptors (Lipinski definition) is 5. The molecule has 0 spiro atoms. The van der Waals surface area contributed by atoms with Gasteiger partial charge in [0.05, 0.1) is 18.8 Å². The van der Waals surface area contributed by atoms with E-state index in [0.717, 1.165) is 5.56 Å². The van der Waals surface area contributed by atoms with Crippen molar-refractivity contribution in [2.45, 2.75) is 13.5 Å². The lowest BCUT2D eigenvalue weighted by atomic mass is 10.2. The van der Waals surface area contributed by atoms with Crippen molar-refractivity contribution in [3.8, 4) is 5.88 Å². The summed E-state index contributed by atoms with van der Waals surface area (Å²) in [5.74, 6) is 0.919. The molecule has 1 aliphatic rings. The minimum absolute atomic E-state index is 0.249. The summed E-state index contributed by atoms with van der Waals surface area (Å²) in [5.41, 5.74) is 1.60. The number of carbonyl (C=O) groups is 1. The second kappa shape index (κ2) is 5.20. The van der Waals surface area contributed by atoms with Crippen LogP contribution in [0.15, 0.2) is 28.9 Å². The van der Waals surface area contributed by atoms with Gasteiger partial charge in [-0.05, 0) is 13.0 Å². The van der Waals surface area contributed by atoms with Gasteiger partial charge in [-0.1, -0.05) is 11.2 Å². The van der Waals surface area contributed by atoms with Gasteiger partial charge in [0, 0.05) is 17.8 Å². The Bertz CT molecular complexity index is 626. The van der Waals surface area contributed by atoms with Crippen LogP contribution in [0.5, 0.6) is 5.88 Å². The Morgan fingerprint density at radius 3 is 3.20 bits per heavy atom. The summed E-state index contributed by atoms with van der Waals surface area (Å²) in [5, 5.41) is 6.40. The Kier molecular flexibility index (Phi) is 3.24. The molecule has 2 aromatic rings. The lowest BCUT2D eigenvalue weighted by Crippen LogP contribution is -2.35. The Hall–Kier alpha value is -2.57. The Morgan fingerprint density at radius 1 is 1.50 bits per heavy atom. The molecule has 7 heteroatoms. The van der Waals surface area contributed by atoms with E-state index >= 15 is 0 Å². The smallest absolute Gasteiger partial charge is 0.324 e. The van der Waals surface area contributed by atoms with Crippen LogP contribution in [0, 0.1) is 6.92 Å². The van der Waals surface area contributed by atoms with Crippen molar-refractivity contribution in [1.82, 2.24) is 15.0 Å². The highest BCUT2D eigenvalue weighted by Gasteiger charge is 2.21. The van der Waals surface area contributed by atoms with Gasteiger partial charge in [-0.3, -0.25) is 5.32 Å². The predicted molar refractivity (Wildman–Crippen MR) is 70.4 cm³/mol. The lowest BCUT2D eigenvalue weighted by Gasteiger charge is -2.19. The van der Waals surface area contributed by atoms with E-state index in [-0.39, 0.29) is 6.03 Å². The van der Waals surface area contributed by atoms with Gasteiger partial charge < -0.3 is 14.2 Å². The number of nitrogens with zero attached hydrogens (tertiary/aromatic N) is 3.